The fourth-order valence-corrected chi connectivity index (χ4v) is 3.27. The van der Waals surface area contributed by atoms with Gasteiger partial charge >= 0.3 is 0 Å². The minimum Gasteiger partial charge on any atom is -0.382 e. The lowest BCUT2D eigenvalue weighted by Gasteiger charge is -2.48. The molecule has 0 radical (unpaired) electrons. The van der Waals surface area contributed by atoms with Crippen molar-refractivity contribution in [2.75, 3.05) is 18.9 Å². The van der Waals surface area contributed by atoms with E-state index in [-0.39, 0.29) is 0 Å². The summed E-state index contributed by atoms with van der Waals surface area (Å²) in [5, 5.41) is 3.71. The summed E-state index contributed by atoms with van der Waals surface area (Å²) in [5.74, 6) is 0.843. The van der Waals surface area contributed by atoms with Crippen molar-refractivity contribution in [2.24, 2.45) is 5.92 Å². The van der Waals surface area contributed by atoms with E-state index in [2.05, 4.69) is 47.6 Å². The van der Waals surface area contributed by atoms with Gasteiger partial charge in [0.05, 0.1) is 0 Å². The lowest BCUT2D eigenvalue weighted by molar-refractivity contribution is 0.0619. The molecule has 3 atom stereocenters. The average molecular weight is 216 g/mol. The SMILES string of the molecule is CN1C[C@@H]2CC[C@@H]1C[C@@H]2Nc1ccccc1. The molecule has 2 bridgehead atoms. The molecule has 1 aromatic carbocycles. The van der Waals surface area contributed by atoms with E-state index in [1.807, 2.05) is 0 Å². The van der Waals surface area contributed by atoms with Crippen molar-refractivity contribution in [1.82, 2.24) is 4.90 Å². The summed E-state index contributed by atoms with van der Waals surface area (Å²) in [6, 6.07) is 12.1. The first-order valence-electron chi connectivity index (χ1n) is 6.35. The molecule has 2 nitrogen and oxygen atoms in total. The maximum absolute atomic E-state index is 3.71. The number of para-hydroxylation sites is 1. The van der Waals surface area contributed by atoms with E-state index >= 15 is 0 Å². The number of hydrogen-bond acceptors (Lipinski definition) is 2. The van der Waals surface area contributed by atoms with E-state index in [1.54, 1.807) is 0 Å². The van der Waals surface area contributed by atoms with Crippen molar-refractivity contribution in [3.8, 4) is 0 Å². The minimum absolute atomic E-state index is 0.692. The van der Waals surface area contributed by atoms with Crippen molar-refractivity contribution >= 4 is 5.69 Å². The molecule has 3 fully saturated rings. The molecule has 0 amide bonds. The highest BCUT2D eigenvalue weighted by atomic mass is 15.2. The molecule has 1 aromatic rings. The van der Waals surface area contributed by atoms with Gasteiger partial charge in [-0.3, -0.25) is 0 Å². The van der Waals surface area contributed by atoms with E-state index in [4.69, 9.17) is 0 Å². The molecular weight excluding hydrogens is 196 g/mol. The van der Waals surface area contributed by atoms with E-state index in [1.165, 1.54) is 31.5 Å². The fourth-order valence-electron chi connectivity index (χ4n) is 3.27. The Kier molecular flexibility index (Phi) is 2.60. The van der Waals surface area contributed by atoms with Crippen LogP contribution in [-0.4, -0.2) is 30.6 Å². The van der Waals surface area contributed by atoms with Crippen LogP contribution in [0.1, 0.15) is 19.3 Å². The van der Waals surface area contributed by atoms with Gasteiger partial charge in [-0.1, -0.05) is 18.2 Å². The van der Waals surface area contributed by atoms with Gasteiger partial charge in [0, 0.05) is 24.3 Å². The Balaban J connectivity index is 1.69. The molecule has 1 saturated carbocycles. The van der Waals surface area contributed by atoms with Crippen LogP contribution in [0.4, 0.5) is 5.69 Å². The number of anilines is 1. The predicted octanol–water partition coefficient (Wildman–Crippen LogP) is 2.58. The lowest BCUT2D eigenvalue weighted by Crippen LogP contribution is -2.54. The maximum Gasteiger partial charge on any atom is 0.0342 e. The second-order valence-corrected chi connectivity index (χ2v) is 5.28. The number of hydrogen-bond donors (Lipinski definition) is 1. The van der Waals surface area contributed by atoms with Gasteiger partial charge in [-0.15, -0.1) is 0 Å². The van der Waals surface area contributed by atoms with Crippen molar-refractivity contribution in [3.63, 3.8) is 0 Å². The van der Waals surface area contributed by atoms with Gasteiger partial charge in [-0.05, 0) is 44.4 Å². The smallest absolute Gasteiger partial charge is 0.0342 e. The molecule has 2 aliphatic heterocycles. The summed E-state index contributed by atoms with van der Waals surface area (Å²) < 4.78 is 0. The molecule has 86 valence electrons. The number of nitrogens with zero attached hydrogens (tertiary/aromatic N) is 1. The van der Waals surface area contributed by atoms with Crippen LogP contribution in [0.2, 0.25) is 0 Å². The van der Waals surface area contributed by atoms with Crippen molar-refractivity contribution in [1.29, 1.82) is 0 Å². The van der Waals surface area contributed by atoms with E-state index in [9.17, 15) is 0 Å². The van der Waals surface area contributed by atoms with Crippen LogP contribution >= 0.6 is 0 Å². The molecule has 16 heavy (non-hydrogen) atoms. The van der Waals surface area contributed by atoms with Crippen LogP contribution < -0.4 is 5.32 Å². The molecule has 2 saturated heterocycles. The number of piperidine rings is 2. The Hall–Kier alpha value is -1.02. The zero-order chi connectivity index (χ0) is 11.0. The molecule has 0 spiro atoms. The van der Waals surface area contributed by atoms with Crippen LogP contribution in [0.5, 0.6) is 0 Å². The standard InChI is InChI=1S/C14H20N2/c1-16-10-11-7-8-13(16)9-14(11)15-12-5-3-2-4-6-12/h2-6,11,13-15H,7-10H2,1H3/t11-,13+,14-/m0/s1. The van der Waals surface area contributed by atoms with E-state index < -0.39 is 0 Å². The highest BCUT2D eigenvalue weighted by Crippen LogP contribution is 2.35. The molecule has 0 aromatic heterocycles. The Labute approximate surface area is 97.6 Å². The molecule has 1 aliphatic carbocycles. The summed E-state index contributed by atoms with van der Waals surface area (Å²) in [4.78, 5) is 2.54. The average Bonchev–Trinajstić information content (AvgIpc) is 2.32. The Morgan fingerprint density at radius 2 is 2.00 bits per heavy atom. The number of nitrogens with one attached hydrogen (secondary N) is 1. The highest BCUT2D eigenvalue weighted by Gasteiger charge is 2.38. The Morgan fingerprint density at radius 1 is 1.19 bits per heavy atom. The zero-order valence-electron chi connectivity index (χ0n) is 9.89. The van der Waals surface area contributed by atoms with Gasteiger partial charge in [0.25, 0.3) is 0 Å². The zero-order valence-corrected chi connectivity index (χ0v) is 9.89. The number of fused-ring (bicyclic) bond motifs is 3. The minimum atomic E-state index is 0.692. The second-order valence-electron chi connectivity index (χ2n) is 5.28. The number of benzene rings is 1. The predicted molar refractivity (Wildman–Crippen MR) is 67.6 cm³/mol. The topological polar surface area (TPSA) is 15.3 Å². The summed E-state index contributed by atoms with van der Waals surface area (Å²) >= 11 is 0. The van der Waals surface area contributed by atoms with Gasteiger partial charge in [-0.2, -0.15) is 0 Å². The van der Waals surface area contributed by atoms with E-state index in [0.29, 0.717) is 6.04 Å². The first-order valence-corrected chi connectivity index (χ1v) is 6.35. The summed E-state index contributed by atoms with van der Waals surface area (Å²) in [6.45, 7) is 1.27. The molecular formula is C14H20N2. The third-order valence-corrected chi connectivity index (χ3v) is 4.24. The third-order valence-electron chi connectivity index (χ3n) is 4.24. The van der Waals surface area contributed by atoms with Crippen LogP contribution in [0.25, 0.3) is 0 Å². The largest absolute Gasteiger partial charge is 0.382 e. The molecule has 1 N–H and O–H groups in total. The van der Waals surface area contributed by atoms with Crippen LogP contribution in [0.3, 0.4) is 0 Å². The van der Waals surface area contributed by atoms with Crippen molar-refractivity contribution in [3.05, 3.63) is 30.3 Å². The first kappa shape index (κ1) is 10.2. The Bertz CT molecular complexity index is 349. The molecule has 0 unspecified atom stereocenters. The van der Waals surface area contributed by atoms with Gasteiger partial charge in [-0.25, -0.2) is 0 Å². The fraction of sp³-hybridized carbons (Fsp3) is 0.571. The third kappa shape index (κ3) is 1.82. The first-order chi connectivity index (χ1) is 7.83. The van der Waals surface area contributed by atoms with Crippen LogP contribution in [0.15, 0.2) is 30.3 Å². The van der Waals surface area contributed by atoms with Gasteiger partial charge in [0.15, 0.2) is 0 Å². The molecule has 4 rings (SSSR count). The highest BCUT2D eigenvalue weighted by molar-refractivity contribution is 5.43. The molecule has 2 heterocycles. The molecule has 2 heteroatoms. The van der Waals surface area contributed by atoms with Crippen LogP contribution in [-0.2, 0) is 0 Å². The van der Waals surface area contributed by atoms with Crippen molar-refractivity contribution < 1.29 is 0 Å². The maximum atomic E-state index is 3.71. The van der Waals surface area contributed by atoms with Gasteiger partial charge in [0.2, 0.25) is 0 Å². The van der Waals surface area contributed by atoms with Crippen molar-refractivity contribution in [2.45, 2.75) is 31.3 Å². The monoisotopic (exact) mass is 216 g/mol. The van der Waals surface area contributed by atoms with Gasteiger partial charge < -0.3 is 10.2 Å². The van der Waals surface area contributed by atoms with E-state index in [0.717, 1.165) is 12.0 Å². The van der Waals surface area contributed by atoms with Crippen LogP contribution in [0, 0.1) is 5.92 Å². The summed E-state index contributed by atoms with van der Waals surface area (Å²) in [5.41, 5.74) is 1.28. The normalized spacial score (nSPS) is 33.9. The van der Waals surface area contributed by atoms with Gasteiger partial charge in [0.1, 0.15) is 0 Å². The second kappa shape index (κ2) is 4.10. The summed E-state index contributed by atoms with van der Waals surface area (Å²) in [6.07, 6.45) is 4.11. The lowest BCUT2D eigenvalue weighted by atomic mass is 9.76. The summed E-state index contributed by atoms with van der Waals surface area (Å²) in [7, 11) is 2.27. The number of rotatable bonds is 2. The molecule has 3 aliphatic rings. The Morgan fingerprint density at radius 3 is 2.62 bits per heavy atom. The quantitative estimate of drug-likeness (QED) is 0.817.